The van der Waals surface area contributed by atoms with E-state index < -0.39 is 0 Å². The molecule has 0 saturated carbocycles. The van der Waals surface area contributed by atoms with Crippen LogP contribution in [0.25, 0.3) is 5.57 Å². The van der Waals surface area contributed by atoms with Gasteiger partial charge in [0.1, 0.15) is 0 Å². The maximum atomic E-state index is 3.86. The first kappa shape index (κ1) is 15.6. The van der Waals surface area contributed by atoms with E-state index in [4.69, 9.17) is 0 Å². The van der Waals surface area contributed by atoms with Crippen LogP contribution in [0.15, 0.2) is 64.0 Å². The fourth-order valence-corrected chi connectivity index (χ4v) is 5.17. The molecule has 2 heteroatoms. The van der Waals surface area contributed by atoms with Gasteiger partial charge in [-0.05, 0) is 0 Å². The van der Waals surface area contributed by atoms with Crippen molar-refractivity contribution < 1.29 is 0 Å². The summed E-state index contributed by atoms with van der Waals surface area (Å²) in [5, 5.41) is 0. The Kier molecular flexibility index (Phi) is 6.59. The predicted octanol–water partition coefficient (Wildman–Crippen LogP) is 4.97. The molecule has 0 radical (unpaired) electrons. The number of allylic oxidation sites excluding steroid dienone is 1. The van der Waals surface area contributed by atoms with Gasteiger partial charge in [0.25, 0.3) is 0 Å². The molecule has 2 rings (SSSR count). The number of rotatable bonds is 6. The van der Waals surface area contributed by atoms with Crippen LogP contribution >= 0.6 is 15.9 Å². The topological polar surface area (TPSA) is 0 Å². The van der Waals surface area contributed by atoms with Crippen molar-refractivity contribution in [1.29, 1.82) is 0 Å². The minimum absolute atomic E-state index is 0.347. The molecule has 0 saturated heterocycles. The Balaban J connectivity index is 2.26. The van der Waals surface area contributed by atoms with E-state index in [9.17, 15) is 0 Å². The zero-order valence-electron chi connectivity index (χ0n) is 11.7. The average molecular weight is 394 g/mol. The van der Waals surface area contributed by atoms with Gasteiger partial charge in [-0.25, -0.2) is 0 Å². The van der Waals surface area contributed by atoms with Gasteiger partial charge in [0, 0.05) is 0 Å². The second-order valence-electron chi connectivity index (χ2n) is 4.64. The molecule has 0 aliphatic heterocycles. The monoisotopic (exact) mass is 394 g/mol. The van der Waals surface area contributed by atoms with E-state index in [1.165, 1.54) is 31.8 Å². The van der Waals surface area contributed by atoms with E-state index in [0.717, 1.165) is 6.42 Å². The molecule has 0 nitrogen and oxygen atoms in total. The summed E-state index contributed by atoms with van der Waals surface area (Å²) in [5.41, 5.74) is 2.82. The third-order valence-corrected chi connectivity index (χ3v) is 6.37. The molecule has 0 unspecified atom stereocenters. The molecule has 0 amide bonds. The zero-order valence-corrected chi connectivity index (χ0v) is 15.0. The summed E-state index contributed by atoms with van der Waals surface area (Å²) in [6.07, 6.45) is 3.62. The molecule has 0 bridgehead atoms. The second-order valence-corrected chi connectivity index (χ2v) is 8.88. The fourth-order valence-electron chi connectivity index (χ4n) is 2.00. The van der Waals surface area contributed by atoms with Crippen LogP contribution in [0.4, 0.5) is 0 Å². The van der Waals surface area contributed by atoms with Crippen LogP contribution in [-0.4, -0.2) is 15.0 Å². The maximum absolute atomic E-state index is 3.86. The molecule has 104 valence electrons. The van der Waals surface area contributed by atoms with E-state index in [2.05, 4.69) is 83.5 Å². The molecule has 0 aliphatic rings. The summed E-state index contributed by atoms with van der Waals surface area (Å²) in [7, 11) is 0. The van der Waals surface area contributed by atoms with E-state index in [1.807, 2.05) is 0 Å². The molecule has 2 aromatic carbocycles. The third kappa shape index (κ3) is 4.63. The van der Waals surface area contributed by atoms with Gasteiger partial charge in [-0.1, -0.05) is 0 Å². The molecule has 0 N–H and O–H groups in total. The standard InChI is InChI=1S/C18H19BrSe/c1-2-3-14-17(15-10-6-4-7-11-15)18(19)20-16-12-8-5-9-13-16/h4-13H,2-3,14H2,1H3/b18-17-. The first-order chi connectivity index (χ1) is 9.81. The molecule has 20 heavy (non-hydrogen) atoms. The molecule has 0 fully saturated rings. The van der Waals surface area contributed by atoms with Gasteiger partial charge in [-0.15, -0.1) is 0 Å². The van der Waals surface area contributed by atoms with Crippen LogP contribution in [0.2, 0.25) is 0 Å². The van der Waals surface area contributed by atoms with E-state index in [0.29, 0.717) is 15.0 Å². The minimum atomic E-state index is 0.347. The average Bonchev–Trinajstić information content (AvgIpc) is 2.50. The van der Waals surface area contributed by atoms with Crippen LogP contribution < -0.4 is 4.46 Å². The van der Waals surface area contributed by atoms with Gasteiger partial charge in [0.15, 0.2) is 0 Å². The van der Waals surface area contributed by atoms with Gasteiger partial charge < -0.3 is 0 Å². The molecule has 0 aliphatic carbocycles. The summed E-state index contributed by atoms with van der Waals surface area (Å²) in [6, 6.07) is 21.5. The van der Waals surface area contributed by atoms with Crippen LogP contribution in [0.3, 0.4) is 0 Å². The summed E-state index contributed by atoms with van der Waals surface area (Å²) in [6.45, 7) is 2.25. The van der Waals surface area contributed by atoms with Crippen molar-refractivity contribution in [2.24, 2.45) is 0 Å². The van der Waals surface area contributed by atoms with E-state index >= 15 is 0 Å². The van der Waals surface area contributed by atoms with Crippen molar-refractivity contribution >= 4 is 40.9 Å². The van der Waals surface area contributed by atoms with Crippen LogP contribution in [0.5, 0.6) is 0 Å². The Bertz CT molecular complexity index is 546. The SMILES string of the molecule is CCCC/C(=C(\Br)[Se]c1ccccc1)c1ccccc1. The molecule has 2 aromatic rings. The summed E-state index contributed by atoms with van der Waals surface area (Å²) < 4.78 is 2.78. The molecule has 0 atom stereocenters. The summed E-state index contributed by atoms with van der Waals surface area (Å²) in [4.78, 5) is 0. The van der Waals surface area contributed by atoms with Crippen LogP contribution in [0, 0.1) is 0 Å². The molecular weight excluding hydrogens is 375 g/mol. The van der Waals surface area contributed by atoms with Crippen LogP contribution in [0.1, 0.15) is 31.7 Å². The summed E-state index contributed by atoms with van der Waals surface area (Å²) >= 11 is 4.20. The number of hydrogen-bond acceptors (Lipinski definition) is 0. The van der Waals surface area contributed by atoms with Gasteiger partial charge in [0.05, 0.1) is 0 Å². The first-order valence-corrected chi connectivity index (χ1v) is 9.49. The van der Waals surface area contributed by atoms with Crippen LogP contribution in [-0.2, 0) is 0 Å². The van der Waals surface area contributed by atoms with E-state index in [-0.39, 0.29) is 0 Å². The Morgan fingerprint density at radius 2 is 1.55 bits per heavy atom. The zero-order chi connectivity index (χ0) is 14.2. The fraction of sp³-hybridized carbons (Fsp3) is 0.222. The quantitative estimate of drug-likeness (QED) is 0.607. The van der Waals surface area contributed by atoms with Crippen molar-refractivity contribution in [3.63, 3.8) is 0 Å². The van der Waals surface area contributed by atoms with Gasteiger partial charge in [-0.2, -0.15) is 0 Å². The van der Waals surface area contributed by atoms with Crippen molar-refractivity contribution in [2.75, 3.05) is 0 Å². The second kappa shape index (κ2) is 8.46. The molecule has 0 spiro atoms. The first-order valence-electron chi connectivity index (χ1n) is 6.98. The van der Waals surface area contributed by atoms with Gasteiger partial charge >= 0.3 is 137 Å². The van der Waals surface area contributed by atoms with Crippen molar-refractivity contribution in [3.05, 3.63) is 69.6 Å². The van der Waals surface area contributed by atoms with Gasteiger partial charge in [-0.3, -0.25) is 0 Å². The molecule has 0 heterocycles. The van der Waals surface area contributed by atoms with E-state index in [1.54, 1.807) is 0 Å². The Morgan fingerprint density at radius 1 is 0.950 bits per heavy atom. The third-order valence-electron chi connectivity index (χ3n) is 3.09. The van der Waals surface area contributed by atoms with Crippen molar-refractivity contribution in [2.45, 2.75) is 26.2 Å². The predicted molar refractivity (Wildman–Crippen MR) is 93.6 cm³/mol. The molecule has 0 aromatic heterocycles. The number of hydrogen-bond donors (Lipinski definition) is 0. The Labute approximate surface area is 136 Å². The Morgan fingerprint density at radius 3 is 2.15 bits per heavy atom. The summed E-state index contributed by atoms with van der Waals surface area (Å²) in [5.74, 6) is 0. The Hall–Kier alpha value is -0.821. The number of halogens is 1. The van der Waals surface area contributed by atoms with Crippen molar-refractivity contribution in [3.8, 4) is 0 Å². The van der Waals surface area contributed by atoms with Gasteiger partial charge in [0.2, 0.25) is 0 Å². The van der Waals surface area contributed by atoms with Crippen molar-refractivity contribution in [1.82, 2.24) is 0 Å². The number of benzene rings is 2. The number of unbranched alkanes of at least 4 members (excludes halogenated alkanes) is 1. The molecular formula is C18H19BrSe. The normalized spacial score (nSPS) is 12.1.